The number of aryl methyl sites for hydroxylation is 1. The highest BCUT2D eigenvalue weighted by Crippen LogP contribution is 2.33. The van der Waals surface area contributed by atoms with E-state index >= 15 is 0 Å². The fraction of sp³-hybridized carbons (Fsp3) is 0.111. The third-order valence-corrected chi connectivity index (χ3v) is 3.57. The summed E-state index contributed by atoms with van der Waals surface area (Å²) < 4.78 is 40.5. The molecule has 1 aromatic heterocycles. The minimum absolute atomic E-state index is 0.281. The number of rotatable bonds is 2. The summed E-state index contributed by atoms with van der Waals surface area (Å²) in [4.78, 5) is 0. The van der Waals surface area contributed by atoms with Crippen LogP contribution >= 0.6 is 0 Å². The number of benzene rings is 2. The Bertz CT molecular complexity index is 916. The summed E-state index contributed by atoms with van der Waals surface area (Å²) in [6, 6.07) is 16.4. The van der Waals surface area contributed by atoms with Crippen LogP contribution < -0.4 is 0 Å². The quantitative estimate of drug-likeness (QED) is 0.682. The van der Waals surface area contributed by atoms with Crippen molar-refractivity contribution in [3.63, 3.8) is 0 Å². The van der Waals surface area contributed by atoms with Gasteiger partial charge < -0.3 is 0 Å². The number of hydrogen-bond acceptors (Lipinski definition) is 2. The number of halogens is 3. The molecule has 0 aliphatic rings. The molecule has 3 rings (SSSR count). The van der Waals surface area contributed by atoms with Gasteiger partial charge in [0.05, 0.1) is 23.0 Å². The van der Waals surface area contributed by atoms with Crippen LogP contribution in [-0.2, 0) is 6.18 Å². The van der Waals surface area contributed by atoms with Crippen LogP contribution in [0.1, 0.15) is 16.8 Å². The zero-order valence-electron chi connectivity index (χ0n) is 12.7. The zero-order chi connectivity index (χ0) is 17.3. The lowest BCUT2D eigenvalue weighted by molar-refractivity contribution is -0.141. The van der Waals surface area contributed by atoms with Gasteiger partial charge in [0, 0.05) is 5.56 Å². The Balaban J connectivity index is 2.21. The molecule has 0 N–H and O–H groups in total. The summed E-state index contributed by atoms with van der Waals surface area (Å²) in [5.74, 6) is 0. The van der Waals surface area contributed by atoms with Gasteiger partial charge in [0.25, 0.3) is 0 Å². The number of alkyl halides is 3. The highest BCUT2D eigenvalue weighted by molar-refractivity contribution is 5.64. The van der Waals surface area contributed by atoms with E-state index in [2.05, 4.69) is 5.10 Å². The van der Waals surface area contributed by atoms with E-state index in [1.54, 1.807) is 48.5 Å². The van der Waals surface area contributed by atoms with Crippen molar-refractivity contribution in [3.8, 4) is 23.0 Å². The topological polar surface area (TPSA) is 41.6 Å². The Hall–Kier alpha value is -3.07. The molecule has 0 aliphatic heterocycles. The third-order valence-electron chi connectivity index (χ3n) is 3.57. The average Bonchev–Trinajstić information content (AvgIpc) is 3.01. The molecule has 0 atom stereocenters. The molecule has 120 valence electrons. The maximum atomic E-state index is 13.1. The molecule has 0 saturated heterocycles. The van der Waals surface area contributed by atoms with Gasteiger partial charge in [-0.05, 0) is 37.3 Å². The molecule has 0 saturated carbocycles. The average molecular weight is 327 g/mol. The SMILES string of the molecule is Cc1ccc(-n2nc(C(F)(F)F)cc2-c2cccc(C#N)c2)cc1. The number of nitrogens with zero attached hydrogens (tertiary/aromatic N) is 3. The molecular weight excluding hydrogens is 315 g/mol. The summed E-state index contributed by atoms with van der Waals surface area (Å²) in [6.07, 6.45) is -4.54. The molecule has 2 aromatic carbocycles. The molecule has 0 bridgehead atoms. The molecule has 0 unspecified atom stereocenters. The summed E-state index contributed by atoms with van der Waals surface area (Å²) in [7, 11) is 0. The lowest BCUT2D eigenvalue weighted by Crippen LogP contribution is -2.07. The van der Waals surface area contributed by atoms with Crippen LogP contribution in [0.15, 0.2) is 54.6 Å². The maximum Gasteiger partial charge on any atom is 0.435 e. The van der Waals surface area contributed by atoms with Crippen LogP contribution in [0.4, 0.5) is 13.2 Å². The van der Waals surface area contributed by atoms with Crippen molar-refractivity contribution in [1.29, 1.82) is 5.26 Å². The molecule has 0 spiro atoms. The molecule has 0 aliphatic carbocycles. The maximum absolute atomic E-state index is 13.1. The Morgan fingerprint density at radius 1 is 1.04 bits per heavy atom. The lowest BCUT2D eigenvalue weighted by Gasteiger charge is -2.08. The van der Waals surface area contributed by atoms with Crippen molar-refractivity contribution in [1.82, 2.24) is 9.78 Å². The third kappa shape index (κ3) is 3.01. The molecule has 3 nitrogen and oxygen atoms in total. The standard InChI is InChI=1S/C18H12F3N3/c1-12-5-7-15(8-6-12)24-16(10-17(23-24)18(19,20)21)14-4-2-3-13(9-14)11-22/h2-10H,1H3. The van der Waals surface area contributed by atoms with E-state index in [1.165, 1.54) is 4.68 Å². The molecule has 6 heteroatoms. The molecule has 0 fully saturated rings. The molecule has 3 aromatic rings. The normalized spacial score (nSPS) is 11.3. The lowest BCUT2D eigenvalue weighted by atomic mass is 10.1. The van der Waals surface area contributed by atoms with Crippen LogP contribution in [0.2, 0.25) is 0 Å². The Morgan fingerprint density at radius 3 is 2.38 bits per heavy atom. The Morgan fingerprint density at radius 2 is 1.75 bits per heavy atom. The first kappa shape index (κ1) is 15.8. The van der Waals surface area contributed by atoms with Gasteiger partial charge in [-0.25, -0.2) is 4.68 Å². The second kappa shape index (κ2) is 5.85. The first-order valence-electron chi connectivity index (χ1n) is 7.13. The summed E-state index contributed by atoms with van der Waals surface area (Å²) in [5.41, 5.74) is 1.70. The van der Waals surface area contributed by atoms with Crippen molar-refractivity contribution < 1.29 is 13.2 Å². The second-order valence-electron chi connectivity index (χ2n) is 5.35. The highest BCUT2D eigenvalue weighted by Gasteiger charge is 2.35. The van der Waals surface area contributed by atoms with Crippen molar-refractivity contribution in [2.24, 2.45) is 0 Å². The van der Waals surface area contributed by atoms with Gasteiger partial charge in [-0.15, -0.1) is 0 Å². The van der Waals surface area contributed by atoms with Gasteiger partial charge in [0.1, 0.15) is 0 Å². The smallest absolute Gasteiger partial charge is 0.233 e. The summed E-state index contributed by atoms with van der Waals surface area (Å²) in [5, 5.41) is 12.7. The van der Waals surface area contributed by atoms with Gasteiger partial charge in [0.2, 0.25) is 0 Å². The molecule has 0 amide bonds. The molecule has 24 heavy (non-hydrogen) atoms. The van der Waals surface area contributed by atoms with E-state index in [-0.39, 0.29) is 5.69 Å². The minimum atomic E-state index is -4.54. The Kier molecular flexibility index (Phi) is 3.86. The van der Waals surface area contributed by atoms with E-state index in [9.17, 15) is 13.2 Å². The van der Waals surface area contributed by atoms with Gasteiger partial charge in [-0.1, -0.05) is 29.8 Å². The number of hydrogen-bond donors (Lipinski definition) is 0. The van der Waals surface area contributed by atoms with Crippen molar-refractivity contribution >= 4 is 0 Å². The van der Waals surface area contributed by atoms with E-state index < -0.39 is 11.9 Å². The molecular formula is C18H12F3N3. The van der Waals surface area contributed by atoms with Gasteiger partial charge >= 0.3 is 6.18 Å². The Labute approximate surface area is 136 Å². The van der Waals surface area contributed by atoms with Crippen molar-refractivity contribution in [2.75, 3.05) is 0 Å². The van der Waals surface area contributed by atoms with E-state index in [0.717, 1.165) is 11.6 Å². The highest BCUT2D eigenvalue weighted by atomic mass is 19.4. The van der Waals surface area contributed by atoms with Crippen LogP contribution in [0.5, 0.6) is 0 Å². The fourth-order valence-electron chi connectivity index (χ4n) is 2.36. The van der Waals surface area contributed by atoms with Crippen LogP contribution in [-0.4, -0.2) is 9.78 Å². The summed E-state index contributed by atoms with van der Waals surface area (Å²) >= 11 is 0. The molecule has 0 radical (unpaired) electrons. The van der Waals surface area contributed by atoms with E-state index in [1.807, 2.05) is 13.0 Å². The minimum Gasteiger partial charge on any atom is -0.233 e. The summed E-state index contributed by atoms with van der Waals surface area (Å²) in [6.45, 7) is 1.89. The molecule has 1 heterocycles. The van der Waals surface area contributed by atoms with E-state index in [0.29, 0.717) is 16.8 Å². The first-order chi connectivity index (χ1) is 11.4. The first-order valence-corrected chi connectivity index (χ1v) is 7.13. The van der Waals surface area contributed by atoms with Gasteiger partial charge in [-0.2, -0.15) is 23.5 Å². The van der Waals surface area contributed by atoms with Crippen molar-refractivity contribution in [2.45, 2.75) is 13.1 Å². The predicted molar refractivity (Wildman–Crippen MR) is 83.5 cm³/mol. The second-order valence-corrected chi connectivity index (χ2v) is 5.35. The largest absolute Gasteiger partial charge is 0.435 e. The monoisotopic (exact) mass is 327 g/mol. The predicted octanol–water partition coefficient (Wildman–Crippen LogP) is 4.74. The number of aromatic nitrogens is 2. The van der Waals surface area contributed by atoms with E-state index in [4.69, 9.17) is 5.26 Å². The fourth-order valence-corrected chi connectivity index (χ4v) is 2.36. The van der Waals surface area contributed by atoms with Crippen molar-refractivity contribution in [3.05, 3.63) is 71.4 Å². The van der Waals surface area contributed by atoms with Crippen LogP contribution in [0, 0.1) is 18.3 Å². The zero-order valence-corrected chi connectivity index (χ0v) is 12.7. The van der Waals surface area contributed by atoms with Crippen LogP contribution in [0.25, 0.3) is 16.9 Å². The van der Waals surface area contributed by atoms with Gasteiger partial charge in [-0.3, -0.25) is 0 Å². The van der Waals surface area contributed by atoms with Gasteiger partial charge in [0.15, 0.2) is 5.69 Å². The van der Waals surface area contributed by atoms with Crippen LogP contribution in [0.3, 0.4) is 0 Å². The number of nitriles is 1.